The lowest BCUT2D eigenvalue weighted by Gasteiger charge is -2.32. The smallest absolute Gasteiger partial charge is 0.293 e. The van der Waals surface area contributed by atoms with Gasteiger partial charge in [0.2, 0.25) is 0 Å². The minimum Gasteiger partial charge on any atom is -0.494 e. The number of sulfone groups is 1. The number of morpholine rings is 1. The number of aromatic nitrogens is 2. The number of carbonyl (C=O) groups excluding carboxylic acids is 2. The lowest BCUT2D eigenvalue weighted by Crippen LogP contribution is -2.59. The molecular formula is C28H34N4O9S. The zero-order valence-corrected chi connectivity index (χ0v) is 24.2. The second kappa shape index (κ2) is 13.4. The van der Waals surface area contributed by atoms with E-state index >= 15 is 0 Å². The van der Waals surface area contributed by atoms with Crippen molar-refractivity contribution in [3.8, 4) is 16.9 Å². The molecule has 1 amide bonds. The fourth-order valence-electron chi connectivity index (χ4n) is 4.77. The summed E-state index contributed by atoms with van der Waals surface area (Å²) in [6, 6.07) is 12.7. The molecule has 0 bridgehead atoms. The van der Waals surface area contributed by atoms with Gasteiger partial charge in [-0.15, -0.1) is 0 Å². The molecule has 1 aliphatic heterocycles. The fraction of sp³-hybridized carbons (Fsp3) is 0.429. The van der Waals surface area contributed by atoms with Crippen LogP contribution in [0.5, 0.6) is 5.75 Å². The van der Waals surface area contributed by atoms with Crippen LogP contribution in [0.3, 0.4) is 0 Å². The number of nitrogens with one attached hydrogen (secondary N) is 1. The molecule has 226 valence electrons. The number of rotatable bonds is 13. The van der Waals surface area contributed by atoms with Crippen molar-refractivity contribution in [2.24, 2.45) is 0 Å². The van der Waals surface area contributed by atoms with E-state index in [1.807, 2.05) is 24.3 Å². The zero-order chi connectivity index (χ0) is 30.3. The molecule has 2 unspecified atom stereocenters. The number of hydrogen-bond acceptors (Lipinski definition) is 11. The maximum Gasteiger partial charge on any atom is 0.293 e. The average Bonchev–Trinajstić information content (AvgIpc) is 2.99. The summed E-state index contributed by atoms with van der Waals surface area (Å²) in [5.74, 6) is -0.557. The van der Waals surface area contributed by atoms with Crippen LogP contribution in [0.2, 0.25) is 0 Å². The summed E-state index contributed by atoms with van der Waals surface area (Å²) in [7, 11) is -4.23. The van der Waals surface area contributed by atoms with Gasteiger partial charge in [-0.1, -0.05) is 18.2 Å². The molecule has 0 aliphatic carbocycles. The first-order valence-electron chi connectivity index (χ1n) is 13.3. The quantitative estimate of drug-likeness (QED) is 0.124. The predicted octanol–water partition coefficient (Wildman–Crippen LogP) is 1.01. The number of carbonyl (C=O) groups is 2. The third-order valence-electron chi connectivity index (χ3n) is 7.52. The molecule has 0 spiro atoms. The summed E-state index contributed by atoms with van der Waals surface area (Å²) in [5, 5.41) is 9.38. The van der Waals surface area contributed by atoms with Gasteiger partial charge in [0.05, 0.1) is 43.6 Å². The Morgan fingerprint density at radius 3 is 2.52 bits per heavy atom. The Labute approximate surface area is 242 Å². The van der Waals surface area contributed by atoms with Gasteiger partial charge >= 0.3 is 0 Å². The highest BCUT2D eigenvalue weighted by molar-refractivity contribution is 7.92. The molecule has 0 radical (unpaired) electrons. The minimum absolute atomic E-state index is 0.0215. The van der Waals surface area contributed by atoms with E-state index in [0.29, 0.717) is 12.1 Å². The topological polar surface area (TPSA) is 166 Å². The molecule has 14 heteroatoms. The molecule has 42 heavy (non-hydrogen) atoms. The van der Waals surface area contributed by atoms with Gasteiger partial charge in [0.15, 0.2) is 14.6 Å². The summed E-state index contributed by atoms with van der Waals surface area (Å²) in [5.41, 5.74) is 2.87. The molecule has 2 N–H and O–H groups in total. The molecule has 4 rings (SSSR count). The van der Waals surface area contributed by atoms with Crippen molar-refractivity contribution in [3.05, 3.63) is 59.1 Å². The Morgan fingerprint density at radius 1 is 1.19 bits per heavy atom. The molecule has 3 aromatic rings. The van der Waals surface area contributed by atoms with Crippen LogP contribution in [0, 0.1) is 0 Å². The number of ether oxygens (including phenoxy) is 3. The number of fused-ring (bicyclic) bond motifs is 1. The Kier molecular flexibility index (Phi) is 9.93. The highest BCUT2D eigenvalue weighted by Crippen LogP contribution is 2.27. The number of benzene rings is 2. The van der Waals surface area contributed by atoms with Crippen LogP contribution in [0.15, 0.2) is 53.6 Å². The number of hydrogen-bond donors (Lipinski definition) is 2. The highest BCUT2D eigenvalue weighted by atomic mass is 32.2. The van der Waals surface area contributed by atoms with Gasteiger partial charge in [0.25, 0.3) is 17.9 Å². The van der Waals surface area contributed by atoms with Crippen LogP contribution < -0.4 is 15.8 Å². The second-order valence-corrected chi connectivity index (χ2v) is 12.5. The van der Waals surface area contributed by atoms with Crippen molar-refractivity contribution in [2.45, 2.75) is 30.7 Å². The van der Waals surface area contributed by atoms with Gasteiger partial charge in [-0.3, -0.25) is 29.1 Å². The maximum absolute atomic E-state index is 13.3. The van der Waals surface area contributed by atoms with E-state index in [-0.39, 0.29) is 11.9 Å². The Morgan fingerprint density at radius 2 is 1.88 bits per heavy atom. The van der Waals surface area contributed by atoms with Crippen LogP contribution in [-0.4, -0.2) is 97.0 Å². The molecule has 1 aliphatic rings. The summed E-state index contributed by atoms with van der Waals surface area (Å²) >= 11 is 0. The second-order valence-electron chi connectivity index (χ2n) is 10.2. The van der Waals surface area contributed by atoms with Crippen LogP contribution in [0.4, 0.5) is 0 Å². The first-order chi connectivity index (χ1) is 20.1. The summed E-state index contributed by atoms with van der Waals surface area (Å²) < 4.78 is 39.8. The molecular weight excluding hydrogens is 568 g/mol. The molecule has 13 nitrogen and oxygen atoms in total. The predicted molar refractivity (Wildman–Crippen MR) is 153 cm³/mol. The number of hydroxylamine groups is 1. The molecule has 2 aromatic carbocycles. The Balaban J connectivity index is 1.48. The van der Waals surface area contributed by atoms with Crippen molar-refractivity contribution >= 4 is 33.1 Å². The molecule has 1 aromatic heterocycles. The summed E-state index contributed by atoms with van der Waals surface area (Å²) in [6.45, 7) is 5.48. The lowest BCUT2D eigenvalue weighted by molar-refractivity contribution is -0.143. The van der Waals surface area contributed by atoms with Crippen molar-refractivity contribution in [3.63, 3.8) is 0 Å². The largest absolute Gasteiger partial charge is 0.494 e. The minimum atomic E-state index is -4.23. The van der Waals surface area contributed by atoms with Gasteiger partial charge in [0.1, 0.15) is 11.9 Å². The first kappa shape index (κ1) is 31.1. The van der Waals surface area contributed by atoms with Gasteiger partial charge in [-0.05, 0) is 48.7 Å². The molecule has 2 heterocycles. The van der Waals surface area contributed by atoms with E-state index < -0.39 is 38.7 Å². The van der Waals surface area contributed by atoms with E-state index in [9.17, 15) is 22.8 Å². The van der Waals surface area contributed by atoms with Gasteiger partial charge in [-0.2, -0.15) is 0 Å². The Hall–Kier alpha value is -3.85. The van der Waals surface area contributed by atoms with Gasteiger partial charge in [0, 0.05) is 25.9 Å². The summed E-state index contributed by atoms with van der Waals surface area (Å²) in [4.78, 5) is 43.5. The first-order valence-corrected chi connectivity index (χ1v) is 15.2. The maximum atomic E-state index is 13.3. The van der Waals surface area contributed by atoms with E-state index in [2.05, 4.69) is 9.88 Å². The van der Waals surface area contributed by atoms with E-state index in [1.54, 1.807) is 18.2 Å². The monoisotopic (exact) mass is 602 g/mol. The standard InChI is InChI=1S/C28H34N4O9S/c1-28(27(35)30-36,42(2,37)38)25(41-19-33)17-32-18-29-24-16-21(6-9-23(24)26(32)34)20-4-7-22(8-5-20)40-13-3-10-31-11-14-39-15-12-31/h4-9,16,18-19,25,36H,3,10-15,17H2,1-2H3,(H,30,35). The van der Waals surface area contributed by atoms with Crippen LogP contribution in [0.1, 0.15) is 13.3 Å². The van der Waals surface area contributed by atoms with Crippen molar-refractivity contribution in [1.82, 2.24) is 19.9 Å². The molecule has 0 saturated carbocycles. The molecule has 1 saturated heterocycles. The molecule has 1 fully saturated rings. The van der Waals surface area contributed by atoms with E-state index in [1.165, 1.54) is 11.8 Å². The Bertz CT molecular complexity index is 1570. The summed E-state index contributed by atoms with van der Waals surface area (Å²) in [6.07, 6.45) is 1.22. The van der Waals surface area contributed by atoms with E-state index in [4.69, 9.17) is 19.4 Å². The van der Waals surface area contributed by atoms with E-state index in [0.717, 1.165) is 73.9 Å². The van der Waals surface area contributed by atoms with Crippen LogP contribution in [0.25, 0.3) is 22.0 Å². The number of amides is 1. The van der Waals surface area contributed by atoms with Gasteiger partial charge < -0.3 is 14.2 Å². The zero-order valence-electron chi connectivity index (χ0n) is 23.4. The van der Waals surface area contributed by atoms with Crippen molar-refractivity contribution < 1.29 is 37.4 Å². The fourth-order valence-corrected chi connectivity index (χ4v) is 5.76. The lowest BCUT2D eigenvalue weighted by atomic mass is 10.0. The third kappa shape index (κ3) is 6.78. The van der Waals surface area contributed by atoms with Crippen LogP contribution in [-0.2, 0) is 35.4 Å². The van der Waals surface area contributed by atoms with Crippen molar-refractivity contribution in [2.75, 3.05) is 45.7 Å². The SMILES string of the molecule is CC(C(=O)NO)(C(Cn1cnc2cc(-c3ccc(OCCCN4CCOCC4)cc3)ccc2c1=O)OC=O)S(C)(=O)=O. The molecule has 2 atom stereocenters. The normalized spacial score (nSPS) is 16.4. The third-order valence-corrected chi connectivity index (χ3v) is 9.51. The highest BCUT2D eigenvalue weighted by Gasteiger charge is 2.52. The van der Waals surface area contributed by atoms with Crippen molar-refractivity contribution in [1.29, 1.82) is 0 Å². The average molecular weight is 603 g/mol. The van der Waals surface area contributed by atoms with Crippen LogP contribution >= 0.6 is 0 Å². The number of nitrogens with zero attached hydrogens (tertiary/aromatic N) is 3. The van der Waals surface area contributed by atoms with Gasteiger partial charge in [-0.25, -0.2) is 18.9 Å².